The van der Waals surface area contributed by atoms with Crippen LogP contribution in [0, 0.1) is 0 Å². The van der Waals surface area contributed by atoms with E-state index < -0.39 is 0 Å². The fraction of sp³-hybridized carbons (Fsp3) is 0.467. The molecule has 0 saturated carbocycles. The van der Waals surface area contributed by atoms with Gasteiger partial charge in [0.2, 0.25) is 5.91 Å². The van der Waals surface area contributed by atoms with Crippen LogP contribution < -0.4 is 0 Å². The molecule has 1 heterocycles. The monoisotopic (exact) mass is 307 g/mol. The number of aliphatic hydroxyl groups excluding tert-OH is 1. The minimum Gasteiger partial charge on any atom is -0.394 e. The van der Waals surface area contributed by atoms with E-state index in [1.54, 1.807) is 23.7 Å². The Balaban J connectivity index is 2.32. The van der Waals surface area contributed by atoms with E-state index in [2.05, 4.69) is 4.98 Å². The zero-order valence-corrected chi connectivity index (χ0v) is 13.4. The molecule has 0 bridgehead atoms. The predicted molar refractivity (Wildman–Crippen MR) is 86.3 cm³/mol. The number of aromatic nitrogens is 2. The number of fused-ring (bicyclic) bond motifs is 1. The highest BCUT2D eigenvalue weighted by Gasteiger charge is 2.18. The van der Waals surface area contributed by atoms with Gasteiger partial charge in [0.05, 0.1) is 29.4 Å². The summed E-state index contributed by atoms with van der Waals surface area (Å²) in [4.78, 5) is 18.6. The molecule has 5 nitrogen and oxygen atoms in total. The summed E-state index contributed by atoms with van der Waals surface area (Å²) < 4.78 is 1.97. The average molecular weight is 307 g/mol. The Bertz CT molecular complexity index is 626. The Morgan fingerprint density at radius 2 is 2.19 bits per heavy atom. The molecule has 21 heavy (non-hydrogen) atoms. The Labute approximate surface area is 129 Å². The van der Waals surface area contributed by atoms with Gasteiger partial charge in [0, 0.05) is 7.05 Å². The fourth-order valence-corrected chi connectivity index (χ4v) is 2.63. The van der Waals surface area contributed by atoms with Gasteiger partial charge in [-0.15, -0.1) is 0 Å². The molecule has 2 rings (SSSR count). The molecule has 114 valence electrons. The van der Waals surface area contributed by atoms with Crippen molar-refractivity contribution < 1.29 is 9.90 Å². The first-order valence-corrected chi connectivity index (χ1v) is 8.27. The molecule has 1 atom stereocenters. The van der Waals surface area contributed by atoms with Crippen LogP contribution in [0.3, 0.4) is 0 Å². The lowest BCUT2D eigenvalue weighted by atomic mass is 10.3. The average Bonchev–Trinajstić information content (AvgIpc) is 2.84. The highest BCUT2D eigenvalue weighted by molar-refractivity contribution is 7.97. The highest BCUT2D eigenvalue weighted by Crippen LogP contribution is 2.19. The number of hydrogen-bond donors (Lipinski definition) is 1. The van der Waals surface area contributed by atoms with Crippen LogP contribution in [-0.2, 0) is 17.1 Å². The van der Waals surface area contributed by atoms with Crippen molar-refractivity contribution in [1.82, 2.24) is 14.5 Å². The van der Waals surface area contributed by atoms with Crippen molar-refractivity contribution in [2.24, 2.45) is 0 Å². The summed E-state index contributed by atoms with van der Waals surface area (Å²) in [5.74, 6) is 1.64. The van der Waals surface area contributed by atoms with E-state index in [0.717, 1.165) is 22.6 Å². The lowest BCUT2D eigenvalue weighted by Gasteiger charge is -2.23. The smallest absolute Gasteiger partial charge is 0.242 e. The fourth-order valence-electron chi connectivity index (χ4n) is 2.16. The van der Waals surface area contributed by atoms with Gasteiger partial charge in [-0.1, -0.05) is 12.1 Å². The summed E-state index contributed by atoms with van der Waals surface area (Å²) >= 11 is 1.68. The number of benzene rings is 1. The van der Waals surface area contributed by atoms with Gasteiger partial charge in [0.1, 0.15) is 12.4 Å². The number of nitrogens with zero attached hydrogens (tertiary/aromatic N) is 3. The van der Waals surface area contributed by atoms with Crippen molar-refractivity contribution in [3.05, 3.63) is 30.1 Å². The molecule has 0 fully saturated rings. The summed E-state index contributed by atoms with van der Waals surface area (Å²) in [6.07, 6.45) is 2.02. The number of rotatable bonds is 6. The number of likely N-dealkylation sites (N-methyl/N-ethyl adjacent to an activating group) is 1. The lowest BCUT2D eigenvalue weighted by Crippen LogP contribution is -2.39. The molecule has 1 aromatic heterocycles. The third kappa shape index (κ3) is 3.39. The van der Waals surface area contributed by atoms with Crippen molar-refractivity contribution in [2.75, 3.05) is 19.9 Å². The van der Waals surface area contributed by atoms with Crippen LogP contribution in [0.2, 0.25) is 0 Å². The molecule has 0 aliphatic carbocycles. The molecule has 1 aromatic carbocycles. The van der Waals surface area contributed by atoms with Gasteiger partial charge in [-0.25, -0.2) is 4.98 Å². The Morgan fingerprint density at radius 1 is 1.48 bits per heavy atom. The summed E-state index contributed by atoms with van der Waals surface area (Å²) in [6.45, 7) is 2.04. The van der Waals surface area contributed by atoms with E-state index in [4.69, 9.17) is 0 Å². The normalized spacial score (nSPS) is 12.6. The summed E-state index contributed by atoms with van der Waals surface area (Å²) in [6, 6.07) is 7.66. The standard InChI is InChI=1S/C15H21N3O2S/c1-11(9-19)17(2)15(20)8-18-13-7-5-4-6-12(13)16-14(18)10-21-3/h4-7,11,19H,8-10H2,1-3H3. The number of aliphatic hydroxyl groups is 1. The molecule has 0 saturated heterocycles. The summed E-state index contributed by atoms with van der Waals surface area (Å²) in [5, 5.41) is 9.17. The zero-order chi connectivity index (χ0) is 15.4. The molecule has 2 aromatic rings. The Morgan fingerprint density at radius 3 is 2.86 bits per heavy atom. The van der Waals surface area contributed by atoms with Crippen molar-refractivity contribution in [3.63, 3.8) is 0 Å². The third-order valence-electron chi connectivity index (χ3n) is 3.62. The van der Waals surface area contributed by atoms with Crippen LogP contribution in [0.25, 0.3) is 11.0 Å². The van der Waals surface area contributed by atoms with E-state index >= 15 is 0 Å². The number of thioether (sulfide) groups is 1. The van der Waals surface area contributed by atoms with Gasteiger partial charge in [-0.05, 0) is 25.3 Å². The largest absolute Gasteiger partial charge is 0.394 e. The van der Waals surface area contributed by atoms with Crippen LogP contribution in [0.4, 0.5) is 0 Å². The first kappa shape index (κ1) is 15.9. The number of carbonyl (C=O) groups is 1. The molecule has 0 aliphatic heterocycles. The number of carbonyl (C=O) groups excluding carboxylic acids is 1. The van der Waals surface area contributed by atoms with Crippen LogP contribution in [0.1, 0.15) is 12.7 Å². The number of imidazole rings is 1. The topological polar surface area (TPSA) is 58.4 Å². The van der Waals surface area contributed by atoms with Crippen molar-refractivity contribution in [1.29, 1.82) is 0 Å². The van der Waals surface area contributed by atoms with Crippen LogP contribution in [0.5, 0.6) is 0 Å². The van der Waals surface area contributed by atoms with E-state index in [-0.39, 0.29) is 25.1 Å². The molecule has 1 N–H and O–H groups in total. The van der Waals surface area contributed by atoms with E-state index in [0.29, 0.717) is 0 Å². The second kappa shape index (κ2) is 6.95. The predicted octanol–water partition coefficient (Wildman–Crippen LogP) is 1.74. The molecule has 1 amide bonds. The zero-order valence-electron chi connectivity index (χ0n) is 12.6. The summed E-state index contributed by atoms with van der Waals surface area (Å²) in [5.41, 5.74) is 1.88. The van der Waals surface area contributed by atoms with E-state index in [1.807, 2.05) is 42.0 Å². The van der Waals surface area contributed by atoms with Crippen LogP contribution in [0.15, 0.2) is 24.3 Å². The first-order chi connectivity index (χ1) is 10.1. The Kier molecular flexibility index (Phi) is 5.25. The highest BCUT2D eigenvalue weighted by atomic mass is 32.2. The molecule has 0 aliphatic rings. The first-order valence-electron chi connectivity index (χ1n) is 6.88. The summed E-state index contributed by atoms with van der Waals surface area (Å²) in [7, 11) is 1.72. The second-order valence-corrected chi connectivity index (χ2v) is 5.94. The molecule has 0 spiro atoms. The molecular weight excluding hydrogens is 286 g/mol. The SMILES string of the molecule is CSCc1nc2ccccc2n1CC(=O)N(C)C(C)CO. The molecular formula is C15H21N3O2S. The lowest BCUT2D eigenvalue weighted by molar-refractivity contribution is -0.133. The maximum atomic E-state index is 12.4. The van der Waals surface area contributed by atoms with Gasteiger partial charge in [0.25, 0.3) is 0 Å². The minimum absolute atomic E-state index is 0.0259. The van der Waals surface area contributed by atoms with Crippen LogP contribution >= 0.6 is 11.8 Å². The quantitative estimate of drug-likeness (QED) is 0.883. The number of amides is 1. The Hall–Kier alpha value is -1.53. The third-order valence-corrected chi connectivity index (χ3v) is 4.17. The maximum absolute atomic E-state index is 12.4. The van der Waals surface area contributed by atoms with Crippen molar-refractivity contribution in [3.8, 4) is 0 Å². The number of para-hydroxylation sites is 2. The van der Waals surface area contributed by atoms with Gasteiger partial charge >= 0.3 is 0 Å². The van der Waals surface area contributed by atoms with E-state index in [9.17, 15) is 9.90 Å². The minimum atomic E-state index is -0.184. The molecule has 0 radical (unpaired) electrons. The maximum Gasteiger partial charge on any atom is 0.242 e. The van der Waals surface area contributed by atoms with Gasteiger partial charge in [-0.2, -0.15) is 11.8 Å². The second-order valence-electron chi connectivity index (χ2n) is 5.07. The van der Waals surface area contributed by atoms with E-state index in [1.165, 1.54) is 0 Å². The van der Waals surface area contributed by atoms with Crippen molar-refractivity contribution >= 4 is 28.7 Å². The molecule has 6 heteroatoms. The van der Waals surface area contributed by atoms with Gasteiger partial charge in [-0.3, -0.25) is 4.79 Å². The molecule has 1 unspecified atom stereocenters. The number of hydrogen-bond acceptors (Lipinski definition) is 4. The van der Waals surface area contributed by atoms with Gasteiger partial charge < -0.3 is 14.6 Å². The van der Waals surface area contributed by atoms with Gasteiger partial charge in [0.15, 0.2) is 0 Å². The van der Waals surface area contributed by atoms with Crippen molar-refractivity contribution in [2.45, 2.75) is 25.3 Å². The van der Waals surface area contributed by atoms with Crippen LogP contribution in [-0.4, -0.2) is 51.4 Å².